The topological polar surface area (TPSA) is 26.0 Å². The van der Waals surface area contributed by atoms with Crippen LogP contribution in [-0.2, 0) is 6.42 Å². The van der Waals surface area contributed by atoms with Crippen LogP contribution >= 0.6 is 0 Å². The van der Waals surface area contributed by atoms with Crippen molar-refractivity contribution >= 4 is 5.69 Å². The average Bonchev–Trinajstić information content (AvgIpc) is 2.78. The Labute approximate surface area is 180 Å². The summed E-state index contributed by atoms with van der Waals surface area (Å²) in [7, 11) is 0. The lowest BCUT2D eigenvalue weighted by Gasteiger charge is -2.10. The standard InChI is InChI=1S/C27H22F3N/c1-2-3-17-4-6-18(7-5-17)19-8-10-20(11-9-19)21-12-13-23(24(28)14-21)22-15-25(29)27(31)26(30)16-22/h4-16H,2-3,31H2,1H3. The van der Waals surface area contributed by atoms with Gasteiger partial charge in [0, 0.05) is 5.56 Å². The summed E-state index contributed by atoms with van der Waals surface area (Å²) in [6.07, 6.45) is 2.18. The molecule has 0 saturated carbocycles. The van der Waals surface area contributed by atoms with Crippen molar-refractivity contribution < 1.29 is 13.2 Å². The fourth-order valence-electron chi connectivity index (χ4n) is 3.68. The molecule has 0 unspecified atom stereocenters. The molecule has 0 amide bonds. The molecule has 4 aromatic rings. The fourth-order valence-corrected chi connectivity index (χ4v) is 3.68. The van der Waals surface area contributed by atoms with Crippen LogP contribution in [-0.4, -0.2) is 0 Å². The molecule has 4 aromatic carbocycles. The van der Waals surface area contributed by atoms with Gasteiger partial charge in [-0.05, 0) is 58.0 Å². The minimum absolute atomic E-state index is 0.107. The summed E-state index contributed by atoms with van der Waals surface area (Å²) >= 11 is 0. The molecule has 0 aromatic heterocycles. The molecule has 1 nitrogen and oxygen atoms in total. The Bertz CT molecular complexity index is 1190. The summed E-state index contributed by atoms with van der Waals surface area (Å²) in [4.78, 5) is 0. The van der Waals surface area contributed by atoms with E-state index in [0.717, 1.165) is 41.7 Å². The smallest absolute Gasteiger partial charge is 0.149 e. The van der Waals surface area contributed by atoms with Gasteiger partial charge in [0.25, 0.3) is 0 Å². The third-order valence-corrected chi connectivity index (χ3v) is 5.40. The summed E-state index contributed by atoms with van der Waals surface area (Å²) in [5.41, 5.74) is 10.0. The lowest BCUT2D eigenvalue weighted by Crippen LogP contribution is -1.97. The summed E-state index contributed by atoms with van der Waals surface area (Å²) in [6.45, 7) is 2.16. The van der Waals surface area contributed by atoms with Gasteiger partial charge in [0.15, 0.2) is 0 Å². The zero-order valence-electron chi connectivity index (χ0n) is 17.1. The number of halogens is 3. The summed E-state index contributed by atoms with van der Waals surface area (Å²) in [5, 5.41) is 0. The highest BCUT2D eigenvalue weighted by atomic mass is 19.1. The molecule has 0 fully saturated rings. The first-order chi connectivity index (χ1) is 15.0. The van der Waals surface area contributed by atoms with Crippen molar-refractivity contribution in [3.05, 3.63) is 102 Å². The number of nitrogens with two attached hydrogens (primary N) is 1. The number of hydrogen-bond donors (Lipinski definition) is 1. The second kappa shape index (κ2) is 8.68. The van der Waals surface area contributed by atoms with E-state index in [9.17, 15) is 13.2 Å². The Morgan fingerprint density at radius 1 is 0.581 bits per heavy atom. The van der Waals surface area contributed by atoms with E-state index < -0.39 is 23.1 Å². The Balaban J connectivity index is 1.60. The molecule has 0 saturated heterocycles. The van der Waals surface area contributed by atoms with E-state index in [1.54, 1.807) is 6.07 Å². The first-order valence-corrected chi connectivity index (χ1v) is 10.2. The second-order valence-corrected chi connectivity index (χ2v) is 7.57. The maximum absolute atomic E-state index is 14.8. The Hall–Kier alpha value is -3.53. The molecular formula is C27H22F3N. The SMILES string of the molecule is CCCc1ccc(-c2ccc(-c3ccc(-c4cc(F)c(N)c(F)c4)c(F)c3)cc2)cc1. The van der Waals surface area contributed by atoms with Gasteiger partial charge >= 0.3 is 0 Å². The van der Waals surface area contributed by atoms with E-state index in [-0.39, 0.29) is 11.1 Å². The van der Waals surface area contributed by atoms with E-state index in [4.69, 9.17) is 5.73 Å². The maximum atomic E-state index is 14.8. The largest absolute Gasteiger partial charge is 0.394 e. The van der Waals surface area contributed by atoms with Crippen molar-refractivity contribution in [3.8, 4) is 33.4 Å². The molecule has 0 aliphatic carbocycles. The monoisotopic (exact) mass is 417 g/mol. The minimum Gasteiger partial charge on any atom is -0.394 e. The van der Waals surface area contributed by atoms with E-state index in [1.807, 2.05) is 24.3 Å². The number of aryl methyl sites for hydroxylation is 1. The molecule has 0 radical (unpaired) electrons. The highest BCUT2D eigenvalue weighted by molar-refractivity contribution is 5.74. The molecular weight excluding hydrogens is 395 g/mol. The van der Waals surface area contributed by atoms with E-state index in [1.165, 1.54) is 17.7 Å². The lowest BCUT2D eigenvalue weighted by atomic mass is 9.97. The van der Waals surface area contributed by atoms with Crippen molar-refractivity contribution in [2.45, 2.75) is 19.8 Å². The van der Waals surface area contributed by atoms with Crippen LogP contribution in [0.4, 0.5) is 18.9 Å². The molecule has 156 valence electrons. The van der Waals surface area contributed by atoms with Gasteiger partial charge in [-0.15, -0.1) is 0 Å². The van der Waals surface area contributed by atoms with Gasteiger partial charge in [-0.25, -0.2) is 13.2 Å². The predicted molar refractivity (Wildman–Crippen MR) is 121 cm³/mol. The quantitative estimate of drug-likeness (QED) is 0.332. The molecule has 2 N–H and O–H groups in total. The molecule has 0 aliphatic rings. The van der Waals surface area contributed by atoms with Crippen LogP contribution in [0.3, 0.4) is 0 Å². The average molecular weight is 417 g/mol. The van der Waals surface area contributed by atoms with Crippen LogP contribution in [0, 0.1) is 17.5 Å². The van der Waals surface area contributed by atoms with Gasteiger partial charge in [-0.3, -0.25) is 0 Å². The molecule has 0 bridgehead atoms. The van der Waals surface area contributed by atoms with Crippen LogP contribution < -0.4 is 5.73 Å². The molecule has 0 atom stereocenters. The van der Waals surface area contributed by atoms with Crippen molar-refractivity contribution in [1.82, 2.24) is 0 Å². The number of anilines is 1. The number of hydrogen-bond acceptors (Lipinski definition) is 1. The molecule has 4 rings (SSSR count). The summed E-state index contributed by atoms with van der Waals surface area (Å²) in [6, 6.07) is 23.1. The van der Waals surface area contributed by atoms with Gasteiger partial charge < -0.3 is 5.73 Å². The first kappa shape index (κ1) is 20.7. The van der Waals surface area contributed by atoms with Gasteiger partial charge in [0.05, 0.1) is 0 Å². The Morgan fingerprint density at radius 2 is 1.03 bits per heavy atom. The van der Waals surface area contributed by atoms with Gasteiger partial charge in [0.1, 0.15) is 23.1 Å². The summed E-state index contributed by atoms with van der Waals surface area (Å²) < 4.78 is 42.3. The van der Waals surface area contributed by atoms with Gasteiger partial charge in [-0.2, -0.15) is 0 Å². The number of nitrogen functional groups attached to an aromatic ring is 1. The molecule has 0 heterocycles. The van der Waals surface area contributed by atoms with Crippen molar-refractivity contribution in [1.29, 1.82) is 0 Å². The number of benzene rings is 4. The lowest BCUT2D eigenvalue weighted by molar-refractivity contribution is 0.591. The van der Waals surface area contributed by atoms with Crippen LogP contribution in [0.25, 0.3) is 33.4 Å². The third-order valence-electron chi connectivity index (χ3n) is 5.40. The Kier molecular flexibility index (Phi) is 5.81. The predicted octanol–water partition coefficient (Wildman–Crippen LogP) is 7.64. The van der Waals surface area contributed by atoms with E-state index in [0.29, 0.717) is 5.56 Å². The molecule has 31 heavy (non-hydrogen) atoms. The van der Waals surface area contributed by atoms with Gasteiger partial charge in [0.2, 0.25) is 0 Å². The zero-order valence-corrected chi connectivity index (χ0v) is 17.1. The Morgan fingerprint density at radius 3 is 1.55 bits per heavy atom. The van der Waals surface area contributed by atoms with Gasteiger partial charge in [-0.1, -0.05) is 74.0 Å². The van der Waals surface area contributed by atoms with Crippen LogP contribution in [0.5, 0.6) is 0 Å². The third kappa shape index (κ3) is 4.33. The second-order valence-electron chi connectivity index (χ2n) is 7.57. The minimum atomic E-state index is -0.906. The highest BCUT2D eigenvalue weighted by Crippen LogP contribution is 2.31. The van der Waals surface area contributed by atoms with Crippen molar-refractivity contribution in [2.24, 2.45) is 0 Å². The molecule has 0 spiro atoms. The normalized spacial score (nSPS) is 11.0. The van der Waals surface area contributed by atoms with Crippen molar-refractivity contribution in [3.63, 3.8) is 0 Å². The van der Waals surface area contributed by atoms with Crippen LogP contribution in [0.1, 0.15) is 18.9 Å². The first-order valence-electron chi connectivity index (χ1n) is 10.2. The van der Waals surface area contributed by atoms with Crippen LogP contribution in [0.15, 0.2) is 78.9 Å². The maximum Gasteiger partial charge on any atom is 0.149 e. The highest BCUT2D eigenvalue weighted by Gasteiger charge is 2.13. The van der Waals surface area contributed by atoms with E-state index in [2.05, 4.69) is 31.2 Å². The molecule has 0 aliphatic heterocycles. The van der Waals surface area contributed by atoms with Crippen LogP contribution in [0.2, 0.25) is 0 Å². The number of rotatable bonds is 5. The zero-order chi connectivity index (χ0) is 22.0. The summed E-state index contributed by atoms with van der Waals surface area (Å²) in [5.74, 6) is -2.37. The fraction of sp³-hybridized carbons (Fsp3) is 0.111. The van der Waals surface area contributed by atoms with E-state index >= 15 is 0 Å². The molecule has 4 heteroatoms. The van der Waals surface area contributed by atoms with Crippen molar-refractivity contribution in [2.75, 3.05) is 5.73 Å².